The Labute approximate surface area is 170 Å². The summed E-state index contributed by atoms with van der Waals surface area (Å²) in [5.74, 6) is 0.466. The van der Waals surface area contributed by atoms with Crippen molar-refractivity contribution in [3.63, 3.8) is 0 Å². The van der Waals surface area contributed by atoms with Gasteiger partial charge in [-0.1, -0.05) is 23.7 Å². The van der Waals surface area contributed by atoms with Gasteiger partial charge in [-0.2, -0.15) is 0 Å². The van der Waals surface area contributed by atoms with Crippen molar-refractivity contribution in [1.82, 2.24) is 26.1 Å². The molecule has 0 aliphatic carbocycles. The molecule has 2 aliphatic rings. The molecule has 3 N–H and O–H groups in total. The van der Waals surface area contributed by atoms with E-state index < -0.39 is 0 Å². The molecule has 7 heteroatoms. The molecule has 0 spiro atoms. The fraction of sp³-hybridized carbons (Fsp3) is 0.429. The number of carbonyl (C=O) groups is 1. The average molecular weight is 400 g/mol. The summed E-state index contributed by atoms with van der Waals surface area (Å²) < 4.78 is 0. The maximum absolute atomic E-state index is 12.3. The summed E-state index contributed by atoms with van der Waals surface area (Å²) in [7, 11) is 0. The van der Waals surface area contributed by atoms with E-state index in [1.165, 1.54) is 5.56 Å². The quantitative estimate of drug-likeness (QED) is 0.721. The van der Waals surface area contributed by atoms with E-state index in [1.54, 1.807) is 30.5 Å². The van der Waals surface area contributed by atoms with Crippen molar-refractivity contribution in [3.8, 4) is 0 Å². The molecule has 0 bridgehead atoms. The van der Waals surface area contributed by atoms with E-state index in [9.17, 15) is 4.79 Å². The van der Waals surface area contributed by atoms with Gasteiger partial charge in [0.1, 0.15) is 0 Å². The van der Waals surface area contributed by atoms with Crippen LogP contribution < -0.4 is 16.2 Å². The maximum atomic E-state index is 12.3. The molecule has 0 radical (unpaired) electrons. The first-order valence-corrected chi connectivity index (χ1v) is 10.3. The summed E-state index contributed by atoms with van der Waals surface area (Å²) in [6, 6.07) is 11.5. The second-order valence-corrected chi connectivity index (χ2v) is 8.02. The number of rotatable bonds is 5. The van der Waals surface area contributed by atoms with Gasteiger partial charge in [0.05, 0.1) is 12.2 Å². The molecule has 2 saturated heterocycles. The third kappa shape index (κ3) is 4.70. The molecule has 2 aromatic rings. The Balaban J connectivity index is 1.21. The smallest absolute Gasteiger partial charge is 0.251 e. The van der Waals surface area contributed by atoms with Crippen molar-refractivity contribution < 1.29 is 4.79 Å². The SMILES string of the molecule is O=C(NCC1CCN(C2CC(c3cccnc3)NN2)CC1)c1cccc(Cl)c1. The molecule has 2 unspecified atom stereocenters. The summed E-state index contributed by atoms with van der Waals surface area (Å²) in [6.45, 7) is 2.79. The van der Waals surface area contributed by atoms with Gasteiger partial charge in [0.25, 0.3) is 5.91 Å². The van der Waals surface area contributed by atoms with Crippen LogP contribution in [-0.2, 0) is 0 Å². The number of benzene rings is 1. The van der Waals surface area contributed by atoms with Crippen LogP contribution in [0.5, 0.6) is 0 Å². The van der Waals surface area contributed by atoms with Crippen LogP contribution in [0.25, 0.3) is 0 Å². The number of nitrogens with one attached hydrogen (secondary N) is 3. The number of hydrazine groups is 1. The lowest BCUT2D eigenvalue weighted by molar-refractivity contribution is 0.0914. The van der Waals surface area contributed by atoms with Gasteiger partial charge in [0.15, 0.2) is 0 Å². The second-order valence-electron chi connectivity index (χ2n) is 7.58. The molecule has 0 saturated carbocycles. The van der Waals surface area contributed by atoms with Gasteiger partial charge in [0, 0.05) is 29.5 Å². The van der Waals surface area contributed by atoms with E-state index in [-0.39, 0.29) is 5.91 Å². The Hall–Kier alpha value is -1.99. The van der Waals surface area contributed by atoms with Crippen molar-refractivity contribution >= 4 is 17.5 Å². The van der Waals surface area contributed by atoms with Crippen molar-refractivity contribution in [1.29, 1.82) is 0 Å². The standard InChI is InChI=1S/C21H26ClN5O/c22-18-5-1-3-16(11-18)21(28)24-13-15-6-9-27(10-7-15)20-12-19(25-26-20)17-4-2-8-23-14-17/h1-5,8,11,14-15,19-20,25-26H,6-7,9-10,12-13H2,(H,24,28). The van der Waals surface area contributed by atoms with Gasteiger partial charge in [-0.15, -0.1) is 0 Å². The molecule has 1 aromatic carbocycles. The van der Waals surface area contributed by atoms with Crippen molar-refractivity contribution in [2.24, 2.45) is 5.92 Å². The first kappa shape index (κ1) is 19.3. The van der Waals surface area contributed by atoms with Gasteiger partial charge in [-0.3, -0.25) is 14.7 Å². The largest absolute Gasteiger partial charge is 0.352 e. The zero-order valence-electron chi connectivity index (χ0n) is 15.8. The minimum absolute atomic E-state index is 0.0501. The molecule has 1 aromatic heterocycles. The second kappa shape index (κ2) is 9.01. The van der Waals surface area contributed by atoms with Gasteiger partial charge in [-0.05, 0) is 68.1 Å². The van der Waals surface area contributed by atoms with Gasteiger partial charge >= 0.3 is 0 Å². The van der Waals surface area contributed by atoms with Crippen LogP contribution in [0.3, 0.4) is 0 Å². The Kier molecular flexibility index (Phi) is 6.22. The Bertz CT molecular complexity index is 794. The van der Waals surface area contributed by atoms with E-state index in [2.05, 4.69) is 32.1 Å². The Morgan fingerprint density at radius 3 is 2.82 bits per heavy atom. The number of pyridine rings is 1. The summed E-state index contributed by atoms with van der Waals surface area (Å²) >= 11 is 5.97. The predicted molar refractivity (Wildman–Crippen MR) is 110 cm³/mol. The lowest BCUT2D eigenvalue weighted by Crippen LogP contribution is -2.49. The highest BCUT2D eigenvalue weighted by molar-refractivity contribution is 6.30. The molecule has 2 atom stereocenters. The van der Waals surface area contributed by atoms with Gasteiger partial charge in [-0.25, -0.2) is 10.9 Å². The zero-order valence-corrected chi connectivity index (χ0v) is 16.5. The summed E-state index contributed by atoms with van der Waals surface area (Å²) in [5.41, 5.74) is 8.66. The summed E-state index contributed by atoms with van der Waals surface area (Å²) in [6.07, 6.45) is 7.28. The number of hydrogen-bond donors (Lipinski definition) is 3. The first-order chi connectivity index (χ1) is 13.7. The van der Waals surface area contributed by atoms with E-state index in [1.807, 2.05) is 12.3 Å². The molecule has 1 amide bonds. The normalized spacial score (nSPS) is 23.6. The lowest BCUT2D eigenvalue weighted by atomic mass is 9.95. The van der Waals surface area contributed by atoms with Crippen molar-refractivity contribution in [2.45, 2.75) is 31.5 Å². The number of likely N-dealkylation sites (tertiary alicyclic amines) is 1. The van der Waals surface area contributed by atoms with Gasteiger partial charge < -0.3 is 5.32 Å². The monoisotopic (exact) mass is 399 g/mol. The van der Waals surface area contributed by atoms with E-state index in [0.717, 1.165) is 32.4 Å². The van der Waals surface area contributed by atoms with E-state index >= 15 is 0 Å². The van der Waals surface area contributed by atoms with Crippen LogP contribution in [0.1, 0.15) is 41.2 Å². The summed E-state index contributed by atoms with van der Waals surface area (Å²) in [5, 5.41) is 3.64. The van der Waals surface area contributed by atoms with Crippen LogP contribution in [0.15, 0.2) is 48.8 Å². The topological polar surface area (TPSA) is 69.3 Å². The van der Waals surface area contributed by atoms with Crippen LogP contribution in [-0.4, -0.2) is 41.6 Å². The minimum atomic E-state index is -0.0501. The molecule has 2 fully saturated rings. The maximum Gasteiger partial charge on any atom is 0.251 e. The number of carbonyl (C=O) groups excluding carboxylic acids is 1. The first-order valence-electron chi connectivity index (χ1n) is 9.88. The van der Waals surface area contributed by atoms with Gasteiger partial charge in [0.2, 0.25) is 0 Å². The number of aromatic nitrogens is 1. The number of amides is 1. The minimum Gasteiger partial charge on any atom is -0.352 e. The average Bonchev–Trinajstić information content (AvgIpc) is 3.23. The highest BCUT2D eigenvalue weighted by Crippen LogP contribution is 2.26. The number of halogens is 1. The zero-order chi connectivity index (χ0) is 19.3. The molecule has 4 rings (SSSR count). The Morgan fingerprint density at radius 1 is 1.21 bits per heavy atom. The molecule has 2 aliphatic heterocycles. The third-order valence-electron chi connectivity index (χ3n) is 5.70. The molecule has 3 heterocycles. The van der Waals surface area contributed by atoms with Crippen LogP contribution >= 0.6 is 11.6 Å². The predicted octanol–water partition coefficient (Wildman–Crippen LogP) is 2.74. The van der Waals surface area contributed by atoms with E-state index in [0.29, 0.717) is 35.3 Å². The highest BCUT2D eigenvalue weighted by Gasteiger charge is 2.32. The van der Waals surface area contributed by atoms with Crippen LogP contribution in [0.4, 0.5) is 0 Å². The number of hydrogen-bond acceptors (Lipinski definition) is 5. The van der Waals surface area contributed by atoms with E-state index in [4.69, 9.17) is 11.6 Å². The van der Waals surface area contributed by atoms with Crippen LogP contribution in [0.2, 0.25) is 5.02 Å². The molecule has 148 valence electrons. The fourth-order valence-corrected chi connectivity index (χ4v) is 4.21. The number of nitrogens with zero attached hydrogens (tertiary/aromatic N) is 2. The highest BCUT2D eigenvalue weighted by atomic mass is 35.5. The van der Waals surface area contributed by atoms with Crippen molar-refractivity contribution in [3.05, 3.63) is 64.9 Å². The van der Waals surface area contributed by atoms with Crippen LogP contribution in [0, 0.1) is 5.92 Å². The molecule has 28 heavy (non-hydrogen) atoms. The third-order valence-corrected chi connectivity index (χ3v) is 5.93. The number of piperidine rings is 1. The molecular weight excluding hydrogens is 374 g/mol. The molecule has 6 nitrogen and oxygen atoms in total. The lowest BCUT2D eigenvalue weighted by Gasteiger charge is -2.35. The van der Waals surface area contributed by atoms with Crippen molar-refractivity contribution in [2.75, 3.05) is 19.6 Å². The summed E-state index contributed by atoms with van der Waals surface area (Å²) in [4.78, 5) is 19.0. The fourth-order valence-electron chi connectivity index (χ4n) is 4.02. The Morgan fingerprint density at radius 2 is 2.07 bits per heavy atom. The molecular formula is C21H26ClN5O.